The quantitative estimate of drug-likeness (QED) is 0.678. The molecule has 0 unspecified atom stereocenters. The summed E-state index contributed by atoms with van der Waals surface area (Å²) in [5.41, 5.74) is 0.800. The molecule has 0 saturated carbocycles. The Hall–Kier alpha value is -2.64. The number of benzene rings is 2. The highest BCUT2D eigenvalue weighted by Gasteiger charge is 2.12. The SMILES string of the molecule is O=C(COc1ccc(Cl)cc1Cl)Nc1nnc(Cc2ccc(F)cc2)o1. The van der Waals surface area contributed by atoms with Crippen molar-refractivity contribution in [3.05, 3.63) is 69.8 Å². The van der Waals surface area contributed by atoms with Crippen molar-refractivity contribution in [3.8, 4) is 5.75 Å². The number of nitrogens with one attached hydrogen (secondary N) is 1. The number of ether oxygens (including phenoxy) is 1. The zero-order chi connectivity index (χ0) is 18.5. The van der Waals surface area contributed by atoms with Crippen LogP contribution < -0.4 is 10.1 Å². The number of rotatable bonds is 6. The number of nitrogens with zero attached hydrogens (tertiary/aromatic N) is 2. The Morgan fingerprint density at radius 3 is 2.65 bits per heavy atom. The van der Waals surface area contributed by atoms with E-state index < -0.39 is 5.91 Å². The second kappa shape index (κ2) is 8.16. The van der Waals surface area contributed by atoms with Crippen molar-refractivity contribution < 1.29 is 18.3 Å². The van der Waals surface area contributed by atoms with E-state index in [-0.39, 0.29) is 24.3 Å². The van der Waals surface area contributed by atoms with Gasteiger partial charge in [0, 0.05) is 5.02 Å². The smallest absolute Gasteiger partial charge is 0.322 e. The number of halogens is 3. The van der Waals surface area contributed by atoms with Crippen LogP contribution in [0, 0.1) is 5.82 Å². The summed E-state index contributed by atoms with van der Waals surface area (Å²) in [6.07, 6.45) is 0.319. The molecule has 1 N–H and O–H groups in total. The Balaban J connectivity index is 1.53. The first-order valence-corrected chi connectivity index (χ1v) is 8.20. The summed E-state index contributed by atoms with van der Waals surface area (Å²) in [4.78, 5) is 11.9. The van der Waals surface area contributed by atoms with Gasteiger partial charge < -0.3 is 9.15 Å². The van der Waals surface area contributed by atoms with Crippen molar-refractivity contribution in [1.82, 2.24) is 10.2 Å². The van der Waals surface area contributed by atoms with Crippen LogP contribution in [0.15, 0.2) is 46.9 Å². The Bertz CT molecular complexity index is 916. The average Bonchev–Trinajstić information content (AvgIpc) is 3.03. The van der Waals surface area contributed by atoms with Gasteiger partial charge in [0.1, 0.15) is 11.6 Å². The van der Waals surface area contributed by atoms with E-state index in [1.54, 1.807) is 24.3 Å². The minimum atomic E-state index is -0.493. The molecule has 9 heteroatoms. The summed E-state index contributed by atoms with van der Waals surface area (Å²) in [5, 5.41) is 10.7. The second-order valence-corrected chi connectivity index (χ2v) is 6.06. The van der Waals surface area contributed by atoms with E-state index in [0.29, 0.717) is 22.2 Å². The van der Waals surface area contributed by atoms with E-state index in [1.165, 1.54) is 18.2 Å². The van der Waals surface area contributed by atoms with E-state index in [2.05, 4.69) is 15.5 Å². The normalized spacial score (nSPS) is 10.6. The number of amides is 1. The lowest BCUT2D eigenvalue weighted by molar-refractivity contribution is -0.118. The van der Waals surface area contributed by atoms with Crippen molar-refractivity contribution in [1.29, 1.82) is 0 Å². The van der Waals surface area contributed by atoms with Gasteiger partial charge in [0.15, 0.2) is 6.61 Å². The minimum Gasteiger partial charge on any atom is -0.482 e. The molecule has 0 bridgehead atoms. The Morgan fingerprint density at radius 1 is 1.15 bits per heavy atom. The fourth-order valence-electron chi connectivity index (χ4n) is 2.04. The number of carbonyl (C=O) groups is 1. The third-order valence-electron chi connectivity index (χ3n) is 3.23. The predicted octanol–water partition coefficient (Wildman–Crippen LogP) is 4.12. The first-order valence-electron chi connectivity index (χ1n) is 7.44. The third kappa shape index (κ3) is 4.93. The van der Waals surface area contributed by atoms with Crippen LogP contribution in [0.1, 0.15) is 11.5 Å². The van der Waals surface area contributed by atoms with Crippen molar-refractivity contribution in [2.45, 2.75) is 6.42 Å². The molecule has 0 radical (unpaired) electrons. The van der Waals surface area contributed by atoms with Crippen LogP contribution in [0.25, 0.3) is 0 Å². The zero-order valence-electron chi connectivity index (χ0n) is 13.2. The summed E-state index contributed by atoms with van der Waals surface area (Å²) in [5.74, 6) is -0.205. The standard InChI is InChI=1S/C17H12Cl2FN3O3/c18-11-3-6-14(13(19)8-11)25-9-15(24)21-17-23-22-16(26-17)7-10-1-4-12(20)5-2-10/h1-6,8H,7,9H2,(H,21,23,24). The van der Waals surface area contributed by atoms with Gasteiger partial charge in [0.25, 0.3) is 5.91 Å². The lowest BCUT2D eigenvalue weighted by atomic mass is 10.1. The van der Waals surface area contributed by atoms with Gasteiger partial charge in [0.2, 0.25) is 5.89 Å². The van der Waals surface area contributed by atoms with Gasteiger partial charge in [-0.25, -0.2) is 4.39 Å². The minimum absolute atomic E-state index is 0.0575. The van der Waals surface area contributed by atoms with Crippen LogP contribution in [0.3, 0.4) is 0 Å². The molecule has 0 aliphatic carbocycles. The zero-order valence-corrected chi connectivity index (χ0v) is 14.7. The van der Waals surface area contributed by atoms with Gasteiger partial charge in [-0.15, -0.1) is 5.10 Å². The summed E-state index contributed by atoms with van der Waals surface area (Å²) < 4.78 is 23.5. The molecule has 1 heterocycles. The van der Waals surface area contributed by atoms with E-state index >= 15 is 0 Å². The molecule has 134 valence electrons. The van der Waals surface area contributed by atoms with Gasteiger partial charge in [-0.3, -0.25) is 10.1 Å². The molecular formula is C17H12Cl2FN3O3. The molecule has 3 aromatic rings. The summed E-state index contributed by atoms with van der Waals surface area (Å²) in [6.45, 7) is -0.295. The maximum atomic E-state index is 12.9. The van der Waals surface area contributed by atoms with Gasteiger partial charge in [-0.05, 0) is 35.9 Å². The van der Waals surface area contributed by atoms with Crippen molar-refractivity contribution in [2.24, 2.45) is 0 Å². The van der Waals surface area contributed by atoms with Crippen molar-refractivity contribution >= 4 is 35.1 Å². The molecule has 0 aliphatic rings. The molecule has 3 rings (SSSR count). The van der Waals surface area contributed by atoms with E-state index in [1.807, 2.05) is 0 Å². The summed E-state index contributed by atoms with van der Waals surface area (Å²) >= 11 is 11.7. The summed E-state index contributed by atoms with van der Waals surface area (Å²) in [6, 6.07) is 10.5. The van der Waals surface area contributed by atoms with Gasteiger partial charge in [-0.2, -0.15) is 0 Å². The fraction of sp³-hybridized carbons (Fsp3) is 0.118. The third-order valence-corrected chi connectivity index (χ3v) is 3.76. The van der Waals surface area contributed by atoms with Gasteiger partial charge >= 0.3 is 6.01 Å². The molecule has 0 fully saturated rings. The maximum absolute atomic E-state index is 12.9. The van der Waals surface area contributed by atoms with E-state index in [0.717, 1.165) is 5.56 Å². The monoisotopic (exact) mass is 395 g/mol. The van der Waals surface area contributed by atoms with Crippen LogP contribution in [-0.4, -0.2) is 22.7 Å². The first kappa shape index (κ1) is 18.2. The van der Waals surface area contributed by atoms with E-state index in [9.17, 15) is 9.18 Å². The number of hydrogen-bond acceptors (Lipinski definition) is 5. The average molecular weight is 396 g/mol. The Morgan fingerprint density at radius 2 is 1.92 bits per heavy atom. The lowest BCUT2D eigenvalue weighted by Gasteiger charge is -2.07. The van der Waals surface area contributed by atoms with Crippen LogP contribution in [0.2, 0.25) is 10.0 Å². The fourth-order valence-corrected chi connectivity index (χ4v) is 2.51. The maximum Gasteiger partial charge on any atom is 0.322 e. The van der Waals surface area contributed by atoms with Crippen LogP contribution in [0.5, 0.6) is 5.75 Å². The topological polar surface area (TPSA) is 77.2 Å². The molecule has 0 atom stereocenters. The predicted molar refractivity (Wildman–Crippen MR) is 94.1 cm³/mol. The summed E-state index contributed by atoms with van der Waals surface area (Å²) in [7, 11) is 0. The first-order chi connectivity index (χ1) is 12.5. The highest BCUT2D eigenvalue weighted by molar-refractivity contribution is 6.35. The Labute approximate surface area is 157 Å². The Kier molecular flexibility index (Phi) is 5.70. The molecule has 0 spiro atoms. The molecule has 0 saturated heterocycles. The van der Waals surface area contributed by atoms with E-state index in [4.69, 9.17) is 32.4 Å². The number of aromatic nitrogens is 2. The molecular weight excluding hydrogens is 384 g/mol. The number of hydrogen-bond donors (Lipinski definition) is 1. The highest BCUT2D eigenvalue weighted by Crippen LogP contribution is 2.27. The highest BCUT2D eigenvalue weighted by atomic mass is 35.5. The van der Waals surface area contributed by atoms with Gasteiger partial charge in [-0.1, -0.05) is 40.4 Å². The molecule has 1 amide bonds. The molecule has 1 aromatic heterocycles. The molecule has 6 nitrogen and oxygen atoms in total. The lowest BCUT2D eigenvalue weighted by Crippen LogP contribution is -2.20. The number of carbonyl (C=O) groups excluding carboxylic acids is 1. The van der Waals surface area contributed by atoms with Crippen molar-refractivity contribution in [3.63, 3.8) is 0 Å². The van der Waals surface area contributed by atoms with Crippen molar-refractivity contribution in [2.75, 3.05) is 11.9 Å². The largest absolute Gasteiger partial charge is 0.482 e. The molecule has 26 heavy (non-hydrogen) atoms. The van der Waals surface area contributed by atoms with Crippen LogP contribution >= 0.6 is 23.2 Å². The molecule has 0 aliphatic heterocycles. The van der Waals surface area contributed by atoms with Crippen LogP contribution in [-0.2, 0) is 11.2 Å². The molecule has 2 aromatic carbocycles. The van der Waals surface area contributed by atoms with Crippen LogP contribution in [0.4, 0.5) is 10.4 Å². The van der Waals surface area contributed by atoms with Gasteiger partial charge in [0.05, 0.1) is 11.4 Å². The second-order valence-electron chi connectivity index (χ2n) is 5.22. The number of anilines is 1.